The SMILES string of the molecule is COc1ccc2c(c1)CCc1nc(NC(=O)Cc3ccc(O)cc3)c(C)nc1-2. The molecule has 1 aliphatic carbocycles. The number of amides is 1. The molecule has 6 nitrogen and oxygen atoms in total. The van der Waals surface area contributed by atoms with Crippen molar-refractivity contribution in [1.29, 1.82) is 0 Å². The van der Waals surface area contributed by atoms with Gasteiger partial charge in [0.2, 0.25) is 5.91 Å². The summed E-state index contributed by atoms with van der Waals surface area (Å²) in [5.41, 5.74) is 5.54. The molecule has 0 spiro atoms. The van der Waals surface area contributed by atoms with Gasteiger partial charge in [-0.2, -0.15) is 0 Å². The summed E-state index contributed by atoms with van der Waals surface area (Å²) in [6.45, 7) is 1.85. The van der Waals surface area contributed by atoms with Crippen LogP contribution in [0, 0.1) is 6.92 Å². The normalized spacial score (nSPS) is 12.1. The van der Waals surface area contributed by atoms with Crippen LogP contribution in [0.5, 0.6) is 11.5 Å². The molecule has 0 unspecified atom stereocenters. The maximum Gasteiger partial charge on any atom is 0.229 e. The van der Waals surface area contributed by atoms with Gasteiger partial charge in [-0.25, -0.2) is 9.97 Å². The molecule has 4 rings (SSSR count). The van der Waals surface area contributed by atoms with Crippen LogP contribution in [-0.4, -0.2) is 28.1 Å². The lowest BCUT2D eigenvalue weighted by molar-refractivity contribution is -0.115. The van der Waals surface area contributed by atoms with Crippen LogP contribution in [0.4, 0.5) is 5.82 Å². The zero-order valence-electron chi connectivity index (χ0n) is 15.8. The third-order valence-corrected chi connectivity index (χ3v) is 4.90. The van der Waals surface area contributed by atoms with E-state index in [1.165, 1.54) is 5.56 Å². The van der Waals surface area contributed by atoms with Crippen LogP contribution in [0.1, 0.15) is 22.5 Å². The monoisotopic (exact) mass is 375 g/mol. The molecule has 28 heavy (non-hydrogen) atoms. The van der Waals surface area contributed by atoms with E-state index < -0.39 is 0 Å². The number of carbonyl (C=O) groups excluding carboxylic acids is 1. The molecule has 0 saturated heterocycles. The average Bonchev–Trinajstić information content (AvgIpc) is 2.70. The second-order valence-electron chi connectivity index (χ2n) is 6.87. The average molecular weight is 375 g/mol. The molecule has 1 aromatic heterocycles. The maximum atomic E-state index is 12.4. The van der Waals surface area contributed by atoms with Crippen LogP contribution in [0.3, 0.4) is 0 Å². The molecule has 2 aromatic carbocycles. The molecular formula is C22H21N3O3. The van der Waals surface area contributed by atoms with E-state index in [1.807, 2.05) is 25.1 Å². The number of nitrogens with one attached hydrogen (secondary N) is 1. The van der Waals surface area contributed by atoms with Gasteiger partial charge in [0.05, 0.1) is 30.6 Å². The molecule has 0 fully saturated rings. The Morgan fingerprint density at radius 2 is 1.93 bits per heavy atom. The molecule has 0 saturated carbocycles. The summed E-state index contributed by atoms with van der Waals surface area (Å²) in [5, 5.41) is 12.2. The summed E-state index contributed by atoms with van der Waals surface area (Å²) in [5.74, 6) is 1.35. The van der Waals surface area contributed by atoms with E-state index in [-0.39, 0.29) is 18.1 Å². The molecule has 0 radical (unpaired) electrons. The van der Waals surface area contributed by atoms with Crippen molar-refractivity contribution in [3.63, 3.8) is 0 Å². The van der Waals surface area contributed by atoms with Crippen molar-refractivity contribution < 1.29 is 14.6 Å². The van der Waals surface area contributed by atoms with E-state index >= 15 is 0 Å². The van der Waals surface area contributed by atoms with Gasteiger partial charge in [0.15, 0.2) is 5.82 Å². The van der Waals surface area contributed by atoms with E-state index in [9.17, 15) is 9.90 Å². The highest BCUT2D eigenvalue weighted by molar-refractivity contribution is 5.92. The Kier molecular flexibility index (Phi) is 4.69. The number of methoxy groups -OCH3 is 1. The van der Waals surface area contributed by atoms with E-state index in [0.717, 1.165) is 41.1 Å². The van der Waals surface area contributed by atoms with Crippen molar-refractivity contribution in [1.82, 2.24) is 9.97 Å². The summed E-state index contributed by atoms with van der Waals surface area (Å²) < 4.78 is 5.31. The fourth-order valence-electron chi connectivity index (χ4n) is 3.43. The number of aryl methyl sites for hydroxylation is 3. The van der Waals surface area contributed by atoms with Crippen molar-refractivity contribution in [2.75, 3.05) is 12.4 Å². The lowest BCUT2D eigenvalue weighted by Gasteiger charge is -2.20. The molecule has 1 amide bonds. The van der Waals surface area contributed by atoms with Gasteiger partial charge in [-0.05, 0) is 61.2 Å². The zero-order valence-corrected chi connectivity index (χ0v) is 15.8. The second-order valence-corrected chi connectivity index (χ2v) is 6.87. The van der Waals surface area contributed by atoms with Gasteiger partial charge < -0.3 is 15.2 Å². The molecule has 1 aliphatic rings. The highest BCUT2D eigenvalue weighted by Gasteiger charge is 2.21. The van der Waals surface area contributed by atoms with Gasteiger partial charge in [0.25, 0.3) is 0 Å². The number of hydrogen-bond donors (Lipinski definition) is 2. The Labute approximate surface area is 163 Å². The quantitative estimate of drug-likeness (QED) is 0.730. The van der Waals surface area contributed by atoms with Crippen molar-refractivity contribution >= 4 is 11.7 Å². The Morgan fingerprint density at radius 3 is 2.68 bits per heavy atom. The van der Waals surface area contributed by atoms with Gasteiger partial charge in [0.1, 0.15) is 11.5 Å². The molecule has 3 aromatic rings. The summed E-state index contributed by atoms with van der Waals surface area (Å²) in [4.78, 5) is 21.8. The van der Waals surface area contributed by atoms with Gasteiger partial charge in [-0.15, -0.1) is 0 Å². The minimum Gasteiger partial charge on any atom is -0.508 e. The highest BCUT2D eigenvalue weighted by atomic mass is 16.5. The second kappa shape index (κ2) is 7.31. The fourth-order valence-corrected chi connectivity index (χ4v) is 3.43. The van der Waals surface area contributed by atoms with Crippen molar-refractivity contribution in [2.24, 2.45) is 0 Å². The van der Waals surface area contributed by atoms with Crippen LogP contribution in [0.2, 0.25) is 0 Å². The molecule has 0 bridgehead atoms. The molecule has 0 atom stereocenters. The number of aromatic hydroxyl groups is 1. The Balaban J connectivity index is 1.57. The van der Waals surface area contributed by atoms with Crippen LogP contribution in [0.25, 0.3) is 11.3 Å². The van der Waals surface area contributed by atoms with Crippen molar-refractivity contribution in [3.8, 4) is 22.8 Å². The largest absolute Gasteiger partial charge is 0.508 e. The van der Waals surface area contributed by atoms with Gasteiger partial charge in [-0.3, -0.25) is 4.79 Å². The van der Waals surface area contributed by atoms with E-state index in [0.29, 0.717) is 11.5 Å². The Hall–Kier alpha value is -3.41. The fraction of sp³-hybridized carbons (Fsp3) is 0.227. The molecule has 2 N–H and O–H groups in total. The number of ether oxygens (including phenoxy) is 1. The number of phenols is 1. The number of benzene rings is 2. The zero-order chi connectivity index (χ0) is 19.7. The number of rotatable bonds is 4. The molecule has 6 heteroatoms. The highest BCUT2D eigenvalue weighted by Crippen LogP contribution is 2.34. The van der Waals surface area contributed by atoms with Gasteiger partial charge in [0, 0.05) is 5.56 Å². The van der Waals surface area contributed by atoms with E-state index in [4.69, 9.17) is 9.72 Å². The maximum absolute atomic E-state index is 12.4. The molecule has 142 valence electrons. The minimum absolute atomic E-state index is 0.163. The Bertz CT molecular complexity index is 1050. The van der Waals surface area contributed by atoms with Crippen LogP contribution in [-0.2, 0) is 24.1 Å². The number of fused-ring (bicyclic) bond motifs is 3. The van der Waals surface area contributed by atoms with Gasteiger partial charge >= 0.3 is 0 Å². The molecule has 1 heterocycles. The summed E-state index contributed by atoms with van der Waals surface area (Å²) in [6.07, 6.45) is 1.84. The lowest BCUT2D eigenvalue weighted by atomic mass is 9.91. The first kappa shape index (κ1) is 18.0. The third kappa shape index (κ3) is 3.53. The number of hydrogen-bond acceptors (Lipinski definition) is 5. The number of aromatic nitrogens is 2. The smallest absolute Gasteiger partial charge is 0.229 e. The van der Waals surface area contributed by atoms with E-state index in [2.05, 4.69) is 10.3 Å². The van der Waals surface area contributed by atoms with E-state index in [1.54, 1.807) is 31.4 Å². The van der Waals surface area contributed by atoms with Crippen LogP contribution >= 0.6 is 0 Å². The van der Waals surface area contributed by atoms with Crippen LogP contribution in [0.15, 0.2) is 42.5 Å². The lowest BCUT2D eigenvalue weighted by Crippen LogP contribution is -2.19. The number of nitrogens with zero attached hydrogens (tertiary/aromatic N) is 2. The summed E-state index contributed by atoms with van der Waals surface area (Å²) in [6, 6.07) is 12.6. The topological polar surface area (TPSA) is 84.3 Å². The predicted octanol–water partition coefficient (Wildman–Crippen LogP) is 3.45. The number of anilines is 1. The van der Waals surface area contributed by atoms with Gasteiger partial charge in [-0.1, -0.05) is 12.1 Å². The van der Waals surface area contributed by atoms with Crippen molar-refractivity contribution in [2.45, 2.75) is 26.2 Å². The third-order valence-electron chi connectivity index (χ3n) is 4.90. The summed E-state index contributed by atoms with van der Waals surface area (Å²) in [7, 11) is 1.66. The predicted molar refractivity (Wildman–Crippen MR) is 107 cm³/mol. The minimum atomic E-state index is -0.163. The van der Waals surface area contributed by atoms with Crippen molar-refractivity contribution in [3.05, 3.63) is 65.0 Å². The molecular weight excluding hydrogens is 354 g/mol. The summed E-state index contributed by atoms with van der Waals surface area (Å²) >= 11 is 0. The van der Waals surface area contributed by atoms with Crippen LogP contribution < -0.4 is 10.1 Å². The number of carbonyl (C=O) groups is 1. The number of phenolic OH excluding ortho intramolecular Hbond substituents is 1. The first-order chi connectivity index (χ1) is 13.5. The molecule has 0 aliphatic heterocycles. The standard InChI is InChI=1S/C22H21N3O3/c1-13-22(25-20(27)11-14-3-6-16(26)7-4-14)24-19-10-5-15-12-17(28-2)8-9-18(15)21(19)23-13/h3-4,6-9,12,26H,5,10-11H2,1-2H3,(H,24,25,27). The first-order valence-corrected chi connectivity index (χ1v) is 9.16. The Morgan fingerprint density at radius 1 is 1.14 bits per heavy atom. The first-order valence-electron chi connectivity index (χ1n) is 9.16.